The minimum atomic E-state index is -0.413. The van der Waals surface area contributed by atoms with Gasteiger partial charge in [-0.25, -0.2) is 0 Å². The van der Waals surface area contributed by atoms with Gasteiger partial charge in [-0.3, -0.25) is 15.1 Å². The largest absolute Gasteiger partial charge is 0.342 e. The van der Waals surface area contributed by atoms with Crippen LogP contribution in [0.15, 0.2) is 4.99 Å². The molecule has 0 aliphatic carbocycles. The first-order valence-corrected chi connectivity index (χ1v) is 7.78. The number of carbonyl (C=O) groups excluding carboxylic acids is 1. The quantitative estimate of drug-likeness (QED) is 0.814. The van der Waals surface area contributed by atoms with Crippen molar-refractivity contribution < 1.29 is 4.79 Å². The van der Waals surface area contributed by atoms with Crippen molar-refractivity contribution in [2.75, 3.05) is 26.2 Å². The molecule has 1 spiro atoms. The van der Waals surface area contributed by atoms with Gasteiger partial charge in [0.1, 0.15) is 5.54 Å². The number of aliphatic imine (C=N–C) groups is 1. The minimum Gasteiger partial charge on any atom is -0.342 e. The molecule has 0 radical (unpaired) electrons. The van der Waals surface area contributed by atoms with Crippen LogP contribution in [0.25, 0.3) is 0 Å². The average molecular weight is 280 g/mol. The number of hydrogen-bond acceptors (Lipinski definition) is 3. The van der Waals surface area contributed by atoms with E-state index in [9.17, 15) is 4.79 Å². The summed E-state index contributed by atoms with van der Waals surface area (Å²) in [6.07, 6.45) is 1.73. The molecule has 0 aromatic rings. The topological polar surface area (TPSA) is 56.7 Å². The molecule has 2 aliphatic heterocycles. The van der Waals surface area contributed by atoms with Gasteiger partial charge in [0.05, 0.1) is 0 Å². The number of nitrogens with zero attached hydrogens (tertiary/aromatic N) is 2. The highest BCUT2D eigenvalue weighted by Gasteiger charge is 2.46. The Labute approximate surface area is 122 Å². The zero-order valence-corrected chi connectivity index (χ0v) is 13.2. The number of hydrogen-bond donors (Lipinski definition) is 2. The van der Waals surface area contributed by atoms with E-state index in [1.165, 1.54) is 0 Å². The lowest BCUT2D eigenvalue weighted by atomic mass is 9.87. The summed E-state index contributed by atoms with van der Waals surface area (Å²) in [6, 6.07) is 0. The number of amides is 1. The third-order valence-corrected chi connectivity index (χ3v) is 3.97. The van der Waals surface area contributed by atoms with E-state index >= 15 is 0 Å². The van der Waals surface area contributed by atoms with Crippen LogP contribution in [0.1, 0.15) is 40.5 Å². The molecule has 0 unspecified atom stereocenters. The van der Waals surface area contributed by atoms with Crippen molar-refractivity contribution in [3.05, 3.63) is 0 Å². The smallest absolute Gasteiger partial charge is 0.252 e. The molecule has 114 valence electrons. The highest BCUT2D eigenvalue weighted by molar-refractivity contribution is 6.09. The first-order chi connectivity index (χ1) is 9.41. The Balaban J connectivity index is 1.93. The zero-order valence-electron chi connectivity index (χ0n) is 13.2. The number of piperidine rings is 1. The van der Waals surface area contributed by atoms with Crippen molar-refractivity contribution >= 4 is 11.9 Å². The van der Waals surface area contributed by atoms with Crippen LogP contribution in [-0.2, 0) is 4.79 Å². The van der Waals surface area contributed by atoms with Crippen LogP contribution in [0.3, 0.4) is 0 Å². The van der Waals surface area contributed by atoms with Gasteiger partial charge in [0, 0.05) is 26.2 Å². The maximum absolute atomic E-state index is 12.3. The first-order valence-electron chi connectivity index (χ1n) is 7.78. The lowest BCUT2D eigenvalue weighted by Gasteiger charge is -2.37. The van der Waals surface area contributed by atoms with Crippen LogP contribution >= 0.6 is 0 Å². The van der Waals surface area contributed by atoms with Crippen LogP contribution in [-0.4, -0.2) is 48.5 Å². The van der Waals surface area contributed by atoms with E-state index < -0.39 is 5.54 Å². The Hall–Kier alpha value is -1.10. The minimum absolute atomic E-state index is 0.101. The number of likely N-dealkylation sites (tertiary alicyclic amines) is 1. The molecule has 5 nitrogen and oxygen atoms in total. The lowest BCUT2D eigenvalue weighted by molar-refractivity contribution is -0.125. The highest BCUT2D eigenvalue weighted by Crippen LogP contribution is 2.25. The second kappa shape index (κ2) is 6.12. The molecule has 0 saturated carbocycles. The summed E-state index contributed by atoms with van der Waals surface area (Å²) in [5, 5.41) is 6.25. The summed E-state index contributed by atoms with van der Waals surface area (Å²) in [7, 11) is 0. The molecule has 2 heterocycles. The fourth-order valence-electron chi connectivity index (χ4n) is 2.88. The van der Waals surface area contributed by atoms with E-state index in [-0.39, 0.29) is 5.91 Å². The molecule has 1 amide bonds. The van der Waals surface area contributed by atoms with E-state index in [0.29, 0.717) is 17.8 Å². The molecule has 2 aliphatic rings. The standard InChI is InChI=1S/C15H28N4O/c1-11(2)9-16-14-17-13(20)15(18-14)5-7-19(8-6-15)10-12(3)4/h11-12H,5-10H2,1-4H3,(H2,16,17,18,20). The van der Waals surface area contributed by atoms with Gasteiger partial charge in [-0.05, 0) is 24.7 Å². The van der Waals surface area contributed by atoms with Crippen molar-refractivity contribution in [2.24, 2.45) is 16.8 Å². The molecule has 2 rings (SSSR count). The van der Waals surface area contributed by atoms with Crippen LogP contribution in [0, 0.1) is 11.8 Å². The Morgan fingerprint density at radius 3 is 2.40 bits per heavy atom. The summed E-state index contributed by atoms with van der Waals surface area (Å²) < 4.78 is 0. The Morgan fingerprint density at radius 2 is 1.85 bits per heavy atom. The van der Waals surface area contributed by atoms with E-state index in [1.807, 2.05) is 0 Å². The van der Waals surface area contributed by atoms with E-state index in [2.05, 4.69) is 48.2 Å². The van der Waals surface area contributed by atoms with Crippen molar-refractivity contribution in [1.29, 1.82) is 0 Å². The van der Waals surface area contributed by atoms with Crippen molar-refractivity contribution in [1.82, 2.24) is 15.5 Å². The van der Waals surface area contributed by atoms with E-state index in [1.54, 1.807) is 0 Å². The van der Waals surface area contributed by atoms with Crippen LogP contribution in [0.2, 0.25) is 0 Å². The van der Waals surface area contributed by atoms with Gasteiger partial charge in [-0.2, -0.15) is 0 Å². The number of guanidine groups is 1. The van der Waals surface area contributed by atoms with Gasteiger partial charge in [-0.1, -0.05) is 27.7 Å². The molecule has 0 aromatic carbocycles. The molecule has 0 atom stereocenters. The monoisotopic (exact) mass is 280 g/mol. The van der Waals surface area contributed by atoms with Crippen LogP contribution in [0.4, 0.5) is 0 Å². The second-order valence-corrected chi connectivity index (χ2v) is 6.94. The molecule has 0 bridgehead atoms. The maximum atomic E-state index is 12.3. The zero-order chi connectivity index (χ0) is 14.8. The summed E-state index contributed by atoms with van der Waals surface area (Å²) >= 11 is 0. The van der Waals surface area contributed by atoms with Crippen molar-refractivity contribution in [2.45, 2.75) is 46.1 Å². The van der Waals surface area contributed by atoms with Gasteiger partial charge >= 0.3 is 0 Å². The number of nitrogens with one attached hydrogen (secondary N) is 2. The molecule has 2 saturated heterocycles. The summed E-state index contributed by atoms with van der Waals surface area (Å²) in [4.78, 5) is 19.2. The summed E-state index contributed by atoms with van der Waals surface area (Å²) in [6.45, 7) is 12.6. The predicted octanol–water partition coefficient (Wildman–Crippen LogP) is 1.21. The second-order valence-electron chi connectivity index (χ2n) is 6.94. The fourth-order valence-corrected chi connectivity index (χ4v) is 2.88. The van der Waals surface area contributed by atoms with Crippen molar-refractivity contribution in [3.8, 4) is 0 Å². The lowest BCUT2D eigenvalue weighted by Crippen LogP contribution is -2.55. The predicted molar refractivity (Wildman–Crippen MR) is 81.7 cm³/mol. The van der Waals surface area contributed by atoms with Gasteiger partial charge in [0.2, 0.25) is 0 Å². The van der Waals surface area contributed by atoms with E-state index in [0.717, 1.165) is 39.0 Å². The Morgan fingerprint density at radius 1 is 1.20 bits per heavy atom. The summed E-state index contributed by atoms with van der Waals surface area (Å²) in [5.74, 6) is 1.95. The van der Waals surface area contributed by atoms with Crippen molar-refractivity contribution in [3.63, 3.8) is 0 Å². The van der Waals surface area contributed by atoms with Gasteiger partial charge in [-0.15, -0.1) is 0 Å². The van der Waals surface area contributed by atoms with Gasteiger partial charge in [0.15, 0.2) is 5.96 Å². The SMILES string of the molecule is CC(C)CN=C1NC(=O)C2(CCN(CC(C)C)CC2)N1. The first kappa shape index (κ1) is 15.3. The highest BCUT2D eigenvalue weighted by atomic mass is 16.2. The molecule has 20 heavy (non-hydrogen) atoms. The van der Waals surface area contributed by atoms with Gasteiger partial charge < -0.3 is 10.2 Å². The average Bonchev–Trinajstić information content (AvgIpc) is 2.66. The number of rotatable bonds is 4. The third kappa shape index (κ3) is 3.51. The molecule has 2 N–H and O–H groups in total. The maximum Gasteiger partial charge on any atom is 0.252 e. The van der Waals surface area contributed by atoms with Gasteiger partial charge in [0.25, 0.3) is 5.91 Å². The summed E-state index contributed by atoms with van der Waals surface area (Å²) in [5.41, 5.74) is -0.413. The molecular weight excluding hydrogens is 252 g/mol. The molecule has 2 fully saturated rings. The van der Waals surface area contributed by atoms with E-state index in [4.69, 9.17) is 0 Å². The third-order valence-electron chi connectivity index (χ3n) is 3.97. The normalized spacial score (nSPS) is 24.7. The Bertz CT molecular complexity index is 381. The molecular formula is C15H28N4O. The molecule has 0 aromatic heterocycles. The molecule has 5 heteroatoms. The van der Waals surface area contributed by atoms with Crippen LogP contribution < -0.4 is 10.6 Å². The fraction of sp³-hybridized carbons (Fsp3) is 0.867. The number of carbonyl (C=O) groups is 1. The Kier molecular flexibility index (Phi) is 4.68. The van der Waals surface area contributed by atoms with Crippen LogP contribution in [0.5, 0.6) is 0 Å².